The van der Waals surface area contributed by atoms with E-state index in [1.165, 1.54) is 21.8 Å². The molecule has 0 spiro atoms. The molecule has 0 amide bonds. The first-order chi connectivity index (χ1) is 10.3. The summed E-state index contributed by atoms with van der Waals surface area (Å²) in [6.07, 6.45) is 5.73. The maximum Gasteiger partial charge on any atom is 0.0494 e. The van der Waals surface area contributed by atoms with Gasteiger partial charge in [0.1, 0.15) is 0 Å². The summed E-state index contributed by atoms with van der Waals surface area (Å²) in [5, 5.41) is 2.62. The van der Waals surface area contributed by atoms with Gasteiger partial charge in [-0.3, -0.25) is 0 Å². The van der Waals surface area contributed by atoms with Crippen LogP contribution in [0.3, 0.4) is 0 Å². The van der Waals surface area contributed by atoms with E-state index in [0.29, 0.717) is 11.8 Å². The lowest BCUT2D eigenvalue weighted by Gasteiger charge is -2.22. The van der Waals surface area contributed by atoms with Crippen molar-refractivity contribution in [3.63, 3.8) is 0 Å². The Bertz CT molecular complexity index is 822. The van der Waals surface area contributed by atoms with Gasteiger partial charge in [0.15, 0.2) is 0 Å². The third-order valence-electron chi connectivity index (χ3n) is 4.95. The molecule has 4 atom stereocenters. The van der Waals surface area contributed by atoms with Crippen molar-refractivity contribution in [2.75, 3.05) is 0 Å². The van der Waals surface area contributed by atoms with Crippen LogP contribution < -0.4 is 0 Å². The maximum atomic E-state index is 8.63. The summed E-state index contributed by atoms with van der Waals surface area (Å²) in [7, 11) is 0. The summed E-state index contributed by atoms with van der Waals surface area (Å²) in [5.41, 5.74) is 2.56. The highest BCUT2D eigenvalue weighted by atomic mass is 15.0. The van der Waals surface area contributed by atoms with Crippen LogP contribution >= 0.6 is 0 Å². The average Bonchev–Trinajstić information content (AvgIpc) is 3.19. The Balaban J connectivity index is 1.87. The van der Waals surface area contributed by atoms with Crippen LogP contribution in [0.5, 0.6) is 0 Å². The molecule has 5 rings (SSSR count). The van der Waals surface area contributed by atoms with Gasteiger partial charge in [-0.25, -0.2) is 0 Å². The minimum atomic E-state index is -0.0146. The number of aromatic nitrogens is 1. The summed E-state index contributed by atoms with van der Waals surface area (Å²) in [5.74, 6) is 0.969. The number of rotatable bonds is 1. The highest BCUT2D eigenvalue weighted by Crippen LogP contribution is 2.48. The van der Waals surface area contributed by atoms with Gasteiger partial charge in [-0.2, -0.15) is 0 Å². The summed E-state index contributed by atoms with van der Waals surface area (Å²) in [6, 6.07) is 17.5. The lowest BCUT2D eigenvalue weighted by atomic mass is 10.0. The fourth-order valence-corrected chi connectivity index (χ4v) is 4.10. The third-order valence-corrected chi connectivity index (χ3v) is 4.95. The number of hydrogen-bond acceptors (Lipinski definition) is 0. The minimum Gasteiger partial charge on any atom is -0.337 e. The molecule has 0 aliphatic heterocycles. The largest absolute Gasteiger partial charge is 0.337 e. The van der Waals surface area contributed by atoms with Crippen molar-refractivity contribution in [1.29, 1.82) is 0 Å². The number of para-hydroxylation sites is 2. The van der Waals surface area contributed by atoms with Crippen LogP contribution in [0.1, 0.15) is 20.2 Å². The van der Waals surface area contributed by atoms with Gasteiger partial charge in [-0.05, 0) is 36.8 Å². The first-order valence-electron chi connectivity index (χ1n) is 8.00. The molecule has 0 unspecified atom stereocenters. The molecule has 0 saturated heterocycles. The van der Waals surface area contributed by atoms with Crippen LogP contribution in [-0.4, -0.2) is 4.57 Å². The fourth-order valence-electron chi connectivity index (χ4n) is 4.10. The van der Waals surface area contributed by atoms with Crippen molar-refractivity contribution >= 4 is 21.8 Å². The number of benzene rings is 2. The number of nitrogens with zero attached hydrogens (tertiary/aromatic N) is 1. The topological polar surface area (TPSA) is 4.93 Å². The number of hydrogen-bond donors (Lipinski definition) is 0. The number of allylic oxidation sites excluding steroid dienone is 2. The Kier molecular flexibility index (Phi) is 1.84. The van der Waals surface area contributed by atoms with E-state index in [2.05, 4.69) is 65.3 Å². The summed E-state index contributed by atoms with van der Waals surface area (Å²) >= 11 is 0. The van der Waals surface area contributed by atoms with E-state index in [9.17, 15) is 0 Å². The summed E-state index contributed by atoms with van der Waals surface area (Å²) < 4.78 is 11.1. The van der Waals surface area contributed by atoms with Crippen molar-refractivity contribution in [1.82, 2.24) is 4.57 Å². The fraction of sp³-hybridized carbons (Fsp3) is 0.263. The second-order valence-electron chi connectivity index (χ2n) is 6.04. The predicted molar refractivity (Wildman–Crippen MR) is 83.8 cm³/mol. The van der Waals surface area contributed by atoms with E-state index in [1.807, 2.05) is 0 Å². The molecule has 1 aromatic heterocycles. The normalized spacial score (nSPS) is 32.3. The molecule has 1 saturated carbocycles. The van der Waals surface area contributed by atoms with E-state index >= 15 is 0 Å². The van der Waals surface area contributed by atoms with Crippen molar-refractivity contribution in [2.45, 2.75) is 18.9 Å². The Labute approximate surface area is 119 Å². The Morgan fingerprint density at radius 1 is 0.900 bits per heavy atom. The van der Waals surface area contributed by atoms with Crippen LogP contribution in [-0.2, 0) is 0 Å². The highest BCUT2D eigenvalue weighted by molar-refractivity contribution is 6.08. The van der Waals surface area contributed by atoms with Gasteiger partial charge in [0.2, 0.25) is 0 Å². The van der Waals surface area contributed by atoms with Crippen LogP contribution in [0.15, 0.2) is 60.7 Å². The molecule has 20 heavy (non-hydrogen) atoms. The SMILES string of the molecule is [2H][C@@H]1[C@H](n2c3ccccc3c3ccccc32)[C@@H]2C=C[C@H]1C2. The second kappa shape index (κ2) is 3.76. The lowest BCUT2D eigenvalue weighted by molar-refractivity contribution is 0.455. The Hall–Kier alpha value is -2.02. The van der Waals surface area contributed by atoms with Crippen molar-refractivity contribution in [3.05, 3.63) is 60.7 Å². The van der Waals surface area contributed by atoms with Crippen LogP contribution in [0, 0.1) is 11.8 Å². The molecule has 1 heterocycles. The standard InChI is InChI=1S/C19H17N/c1-3-7-17-15(5-1)16-6-2-4-8-18(16)20(17)19-12-13-9-10-14(19)11-13/h1-10,13-14,19H,11-12H2/t13-,14+,19-/m0/s1/i12D/t12-,13-,14+,19-. The zero-order chi connectivity index (χ0) is 14.0. The molecule has 1 nitrogen and oxygen atoms in total. The van der Waals surface area contributed by atoms with Crippen molar-refractivity contribution in [3.8, 4) is 0 Å². The first kappa shape index (κ1) is 9.82. The molecule has 3 aromatic rings. The zero-order valence-electron chi connectivity index (χ0n) is 12.2. The zero-order valence-corrected chi connectivity index (χ0v) is 11.2. The Morgan fingerprint density at radius 3 is 2.15 bits per heavy atom. The molecular formula is C19H17N. The van der Waals surface area contributed by atoms with E-state index < -0.39 is 0 Å². The van der Waals surface area contributed by atoms with E-state index in [0.717, 1.165) is 6.42 Å². The van der Waals surface area contributed by atoms with E-state index in [-0.39, 0.29) is 12.4 Å². The second-order valence-corrected chi connectivity index (χ2v) is 6.04. The third kappa shape index (κ3) is 1.28. The molecule has 2 aromatic carbocycles. The van der Waals surface area contributed by atoms with Gasteiger partial charge in [0.25, 0.3) is 0 Å². The molecule has 2 aliphatic carbocycles. The van der Waals surface area contributed by atoms with Crippen LogP contribution in [0.4, 0.5) is 0 Å². The predicted octanol–water partition coefficient (Wildman–Crippen LogP) is 4.93. The highest BCUT2D eigenvalue weighted by Gasteiger charge is 2.37. The van der Waals surface area contributed by atoms with Crippen LogP contribution in [0.25, 0.3) is 21.8 Å². The van der Waals surface area contributed by atoms with Crippen molar-refractivity contribution < 1.29 is 1.37 Å². The Morgan fingerprint density at radius 2 is 1.55 bits per heavy atom. The molecular weight excluding hydrogens is 242 g/mol. The van der Waals surface area contributed by atoms with Gasteiger partial charge in [0, 0.05) is 29.2 Å². The molecule has 2 bridgehead atoms. The maximum absolute atomic E-state index is 8.63. The average molecular weight is 260 g/mol. The lowest BCUT2D eigenvalue weighted by Crippen LogP contribution is -2.13. The molecule has 98 valence electrons. The summed E-state index contributed by atoms with van der Waals surface area (Å²) in [6.45, 7) is 0. The smallest absolute Gasteiger partial charge is 0.0494 e. The van der Waals surface area contributed by atoms with Gasteiger partial charge in [-0.1, -0.05) is 48.6 Å². The van der Waals surface area contributed by atoms with Gasteiger partial charge in [0.05, 0.1) is 0 Å². The van der Waals surface area contributed by atoms with Crippen molar-refractivity contribution in [2.24, 2.45) is 11.8 Å². The molecule has 0 radical (unpaired) electrons. The van der Waals surface area contributed by atoms with E-state index in [1.54, 1.807) is 0 Å². The first-order valence-corrected chi connectivity index (χ1v) is 7.43. The molecule has 1 fully saturated rings. The van der Waals surface area contributed by atoms with E-state index in [4.69, 9.17) is 1.37 Å². The van der Waals surface area contributed by atoms with Gasteiger partial charge >= 0.3 is 0 Å². The summed E-state index contributed by atoms with van der Waals surface area (Å²) in [4.78, 5) is 0. The monoisotopic (exact) mass is 260 g/mol. The minimum absolute atomic E-state index is 0.0146. The van der Waals surface area contributed by atoms with Gasteiger partial charge < -0.3 is 4.57 Å². The quantitative estimate of drug-likeness (QED) is 0.547. The van der Waals surface area contributed by atoms with Crippen LogP contribution in [0.2, 0.25) is 0 Å². The molecule has 0 N–H and O–H groups in total. The number of fused-ring (bicyclic) bond motifs is 5. The molecule has 2 aliphatic rings. The molecule has 1 heteroatoms. The van der Waals surface area contributed by atoms with Gasteiger partial charge in [-0.15, -0.1) is 0 Å².